The summed E-state index contributed by atoms with van der Waals surface area (Å²) in [6.07, 6.45) is 0.123. The Labute approximate surface area is 110 Å². The van der Waals surface area contributed by atoms with Crippen molar-refractivity contribution in [3.63, 3.8) is 0 Å². The van der Waals surface area contributed by atoms with Crippen LogP contribution in [0.25, 0.3) is 0 Å². The van der Waals surface area contributed by atoms with Crippen LogP contribution in [0.4, 0.5) is 11.5 Å². The van der Waals surface area contributed by atoms with Gasteiger partial charge >= 0.3 is 5.69 Å². The first kappa shape index (κ1) is 13.2. The second-order valence-electron chi connectivity index (χ2n) is 4.57. The summed E-state index contributed by atoms with van der Waals surface area (Å²) in [6, 6.07) is 4.67. The van der Waals surface area contributed by atoms with Gasteiger partial charge in [-0.3, -0.25) is 10.1 Å². The van der Waals surface area contributed by atoms with E-state index < -0.39 is 4.92 Å². The lowest BCUT2D eigenvalue weighted by Gasteiger charge is -2.36. The van der Waals surface area contributed by atoms with Gasteiger partial charge in [0, 0.05) is 19.2 Å². The van der Waals surface area contributed by atoms with E-state index in [1.165, 1.54) is 6.07 Å². The van der Waals surface area contributed by atoms with Gasteiger partial charge in [-0.05, 0) is 19.9 Å². The topological polar surface area (TPSA) is 92.3 Å². The molecule has 1 saturated heterocycles. The molecule has 2 heterocycles. The Morgan fingerprint density at radius 3 is 2.63 bits per heavy atom. The van der Waals surface area contributed by atoms with E-state index in [1.54, 1.807) is 12.1 Å². The molecule has 0 aliphatic carbocycles. The molecular weight excluding hydrogens is 248 g/mol. The maximum absolute atomic E-state index is 10.8. The molecule has 7 heteroatoms. The van der Waals surface area contributed by atoms with Gasteiger partial charge in [0.1, 0.15) is 11.9 Å². The Kier molecular flexibility index (Phi) is 3.62. The van der Waals surface area contributed by atoms with Crippen molar-refractivity contribution >= 4 is 11.5 Å². The van der Waals surface area contributed by atoms with Crippen molar-refractivity contribution in [1.29, 1.82) is 5.26 Å². The van der Waals surface area contributed by atoms with Gasteiger partial charge in [-0.2, -0.15) is 5.26 Å². The fourth-order valence-electron chi connectivity index (χ4n) is 2.21. The molecule has 0 bridgehead atoms. The van der Waals surface area contributed by atoms with E-state index in [9.17, 15) is 10.1 Å². The number of nitriles is 1. The molecule has 0 spiro atoms. The molecule has 19 heavy (non-hydrogen) atoms. The summed E-state index contributed by atoms with van der Waals surface area (Å²) in [4.78, 5) is 16.2. The molecule has 2 unspecified atom stereocenters. The number of rotatable bonds is 2. The van der Waals surface area contributed by atoms with Gasteiger partial charge in [0.05, 0.1) is 17.1 Å². The van der Waals surface area contributed by atoms with Crippen LogP contribution in [-0.2, 0) is 4.74 Å². The van der Waals surface area contributed by atoms with Crippen LogP contribution in [-0.4, -0.2) is 35.2 Å². The van der Waals surface area contributed by atoms with Crippen molar-refractivity contribution in [2.24, 2.45) is 0 Å². The number of hydrogen-bond acceptors (Lipinski definition) is 6. The van der Waals surface area contributed by atoms with Crippen LogP contribution in [0.15, 0.2) is 12.1 Å². The number of nitro groups is 1. The fraction of sp³-hybridized carbons (Fsp3) is 0.500. The molecule has 0 amide bonds. The Morgan fingerprint density at radius 1 is 1.47 bits per heavy atom. The average molecular weight is 262 g/mol. The molecule has 1 aromatic heterocycles. The maximum atomic E-state index is 10.8. The Balaban J connectivity index is 2.31. The van der Waals surface area contributed by atoms with Crippen LogP contribution < -0.4 is 4.90 Å². The highest BCUT2D eigenvalue weighted by Crippen LogP contribution is 2.23. The minimum atomic E-state index is -0.597. The second-order valence-corrected chi connectivity index (χ2v) is 4.57. The molecule has 7 nitrogen and oxygen atoms in total. The lowest BCUT2D eigenvalue weighted by atomic mass is 10.2. The van der Waals surface area contributed by atoms with Gasteiger partial charge in [-0.25, -0.2) is 4.98 Å². The van der Waals surface area contributed by atoms with Crippen molar-refractivity contribution in [2.75, 3.05) is 18.0 Å². The minimum Gasteiger partial charge on any atom is -0.372 e. The van der Waals surface area contributed by atoms with Gasteiger partial charge in [-0.15, -0.1) is 0 Å². The standard InChI is InChI=1S/C12H14N4O3/c1-8-6-15(7-9(2)19-8)12-4-3-11(16(17)18)10(5-13)14-12/h3-4,8-9H,6-7H2,1-2H3. The zero-order chi connectivity index (χ0) is 14.0. The first-order chi connectivity index (χ1) is 9.01. The second kappa shape index (κ2) is 5.20. The highest BCUT2D eigenvalue weighted by atomic mass is 16.6. The monoisotopic (exact) mass is 262 g/mol. The molecule has 1 fully saturated rings. The molecule has 2 rings (SSSR count). The third kappa shape index (κ3) is 2.80. The molecule has 0 saturated carbocycles. The number of pyridine rings is 1. The Morgan fingerprint density at radius 2 is 2.11 bits per heavy atom. The molecule has 0 radical (unpaired) electrons. The molecule has 1 aromatic rings. The van der Waals surface area contributed by atoms with Crippen molar-refractivity contribution < 1.29 is 9.66 Å². The van der Waals surface area contributed by atoms with E-state index in [-0.39, 0.29) is 23.6 Å². The lowest BCUT2D eigenvalue weighted by molar-refractivity contribution is -0.385. The quantitative estimate of drug-likeness (QED) is 0.592. The fourth-order valence-corrected chi connectivity index (χ4v) is 2.21. The van der Waals surface area contributed by atoms with Crippen LogP contribution in [0, 0.1) is 21.4 Å². The molecule has 0 N–H and O–H groups in total. The molecular formula is C12H14N4O3. The summed E-state index contributed by atoms with van der Waals surface area (Å²) >= 11 is 0. The number of hydrogen-bond donors (Lipinski definition) is 0. The molecule has 100 valence electrons. The molecule has 1 aliphatic rings. The zero-order valence-electron chi connectivity index (χ0n) is 10.7. The normalized spacial score (nSPS) is 22.9. The highest BCUT2D eigenvalue weighted by Gasteiger charge is 2.25. The third-order valence-corrected chi connectivity index (χ3v) is 2.91. The minimum absolute atomic E-state index is 0.0614. The third-order valence-electron chi connectivity index (χ3n) is 2.91. The predicted octanol–water partition coefficient (Wildman–Crippen LogP) is 1.48. The van der Waals surface area contributed by atoms with Gasteiger partial charge < -0.3 is 9.64 Å². The van der Waals surface area contributed by atoms with Gasteiger partial charge in [0.25, 0.3) is 0 Å². The van der Waals surface area contributed by atoms with Gasteiger partial charge in [0.15, 0.2) is 0 Å². The van der Waals surface area contributed by atoms with Crippen LogP contribution in [0.2, 0.25) is 0 Å². The van der Waals surface area contributed by atoms with Crippen molar-refractivity contribution in [3.8, 4) is 6.07 Å². The number of ether oxygens (including phenoxy) is 1. The summed E-state index contributed by atoms with van der Waals surface area (Å²) in [6.45, 7) is 5.22. The lowest BCUT2D eigenvalue weighted by Crippen LogP contribution is -2.45. The van der Waals surface area contributed by atoms with Crippen molar-refractivity contribution in [1.82, 2.24) is 4.98 Å². The van der Waals surface area contributed by atoms with Gasteiger partial charge in [-0.1, -0.05) is 0 Å². The van der Waals surface area contributed by atoms with E-state index >= 15 is 0 Å². The Hall–Kier alpha value is -2.20. The van der Waals surface area contributed by atoms with E-state index in [2.05, 4.69) is 4.98 Å². The summed E-state index contributed by atoms with van der Waals surface area (Å²) < 4.78 is 5.61. The van der Waals surface area contributed by atoms with Crippen molar-refractivity contribution in [2.45, 2.75) is 26.1 Å². The molecule has 0 aromatic carbocycles. The van der Waals surface area contributed by atoms with Crippen LogP contribution in [0.5, 0.6) is 0 Å². The first-order valence-corrected chi connectivity index (χ1v) is 5.97. The Bertz CT molecular complexity index is 530. The average Bonchev–Trinajstić information content (AvgIpc) is 2.36. The zero-order valence-corrected chi connectivity index (χ0v) is 10.7. The number of anilines is 1. The van der Waals surface area contributed by atoms with E-state index in [1.807, 2.05) is 18.7 Å². The predicted molar refractivity (Wildman–Crippen MR) is 67.8 cm³/mol. The number of aromatic nitrogens is 1. The van der Waals surface area contributed by atoms with Crippen molar-refractivity contribution in [3.05, 3.63) is 27.9 Å². The van der Waals surface area contributed by atoms with Gasteiger partial charge in [0.2, 0.25) is 5.69 Å². The van der Waals surface area contributed by atoms with E-state index in [0.29, 0.717) is 18.9 Å². The number of nitrogens with zero attached hydrogens (tertiary/aromatic N) is 4. The number of morpholine rings is 1. The van der Waals surface area contributed by atoms with Crippen LogP contribution in [0.3, 0.4) is 0 Å². The largest absolute Gasteiger partial charge is 0.372 e. The van der Waals surface area contributed by atoms with Crippen LogP contribution in [0.1, 0.15) is 19.5 Å². The molecule has 2 atom stereocenters. The van der Waals surface area contributed by atoms with E-state index in [0.717, 1.165) is 0 Å². The molecule has 1 aliphatic heterocycles. The summed E-state index contributed by atoms with van der Waals surface area (Å²) in [5, 5.41) is 19.7. The van der Waals surface area contributed by atoms with E-state index in [4.69, 9.17) is 10.00 Å². The smallest absolute Gasteiger partial charge is 0.305 e. The summed E-state index contributed by atoms with van der Waals surface area (Å²) in [5.41, 5.74) is -0.421. The summed E-state index contributed by atoms with van der Waals surface area (Å²) in [7, 11) is 0. The van der Waals surface area contributed by atoms with Crippen LogP contribution >= 0.6 is 0 Å². The highest BCUT2D eigenvalue weighted by molar-refractivity contribution is 5.51. The summed E-state index contributed by atoms with van der Waals surface area (Å²) in [5.74, 6) is 0.573. The first-order valence-electron chi connectivity index (χ1n) is 5.97. The SMILES string of the molecule is CC1CN(c2ccc([N+](=O)[O-])c(C#N)n2)CC(C)O1. The maximum Gasteiger partial charge on any atom is 0.305 e.